The van der Waals surface area contributed by atoms with Gasteiger partial charge in [0, 0.05) is 0 Å². The molecule has 0 fully saturated rings. The zero-order chi connectivity index (χ0) is 6.41. The Bertz CT molecular complexity index is 81.4. The molecule has 0 aromatic heterocycles. The van der Waals surface area contributed by atoms with Crippen LogP contribution in [-0.4, -0.2) is 27.3 Å². The summed E-state index contributed by atoms with van der Waals surface area (Å²) in [5, 5.41) is 0. The molecule has 0 atom stereocenters. The van der Waals surface area contributed by atoms with Crippen LogP contribution in [-0.2, 0) is 0 Å². The summed E-state index contributed by atoms with van der Waals surface area (Å²) >= 11 is 2.68. The monoisotopic (exact) mass is 180 g/mol. The van der Waals surface area contributed by atoms with Gasteiger partial charge in [-0.25, -0.2) is 0 Å². The third-order valence-corrected chi connectivity index (χ3v) is 1.12. The molecule has 0 bridgehead atoms. The Labute approximate surface area is 57.5 Å². The Morgan fingerprint density at radius 2 is 2.50 bits per heavy atom. The molecule has 0 rings (SSSR count). The van der Waals surface area contributed by atoms with Crippen LogP contribution in [0.2, 0.25) is 0 Å². The molecule has 0 heterocycles. The minimum atomic E-state index is 0.673. The van der Waals surface area contributed by atoms with E-state index in [9.17, 15) is 0 Å². The molecule has 1 radical (unpaired) electrons. The summed E-state index contributed by atoms with van der Waals surface area (Å²) in [6, 6.07) is 0. The molecule has 0 saturated carbocycles. The molecule has 0 aliphatic heterocycles. The van der Waals surface area contributed by atoms with Gasteiger partial charge in [-0.05, 0) is 0 Å². The van der Waals surface area contributed by atoms with Crippen molar-refractivity contribution in [2.45, 2.75) is 13.3 Å². The van der Waals surface area contributed by atoms with Gasteiger partial charge in [0.1, 0.15) is 0 Å². The Kier molecular flexibility index (Phi) is 5.06. The van der Waals surface area contributed by atoms with E-state index in [0.717, 1.165) is 13.0 Å². The van der Waals surface area contributed by atoms with Crippen LogP contribution in [0.25, 0.3) is 0 Å². The second-order valence-corrected chi connectivity index (χ2v) is 2.14. The van der Waals surface area contributed by atoms with Crippen LogP contribution in [0.3, 0.4) is 0 Å². The topological polar surface area (TPSA) is 50.4 Å². The summed E-state index contributed by atoms with van der Waals surface area (Å²) in [6.07, 6.45) is 1.05. The number of rotatable bonds is 2. The van der Waals surface area contributed by atoms with Crippen molar-refractivity contribution in [2.75, 3.05) is 6.54 Å². The van der Waals surface area contributed by atoms with Crippen molar-refractivity contribution in [1.82, 2.24) is 5.43 Å². The molecule has 0 aliphatic rings. The first kappa shape index (κ1) is 7.95. The predicted octanol–water partition coefficient (Wildman–Crippen LogP) is -0.616. The van der Waals surface area contributed by atoms with E-state index in [1.165, 1.54) is 0 Å². The maximum absolute atomic E-state index is 5.00. The molecule has 3 N–H and O–H groups in total. The first-order valence-corrected chi connectivity index (χ1v) is 3.35. The molecule has 0 amide bonds. The van der Waals surface area contributed by atoms with Gasteiger partial charge in [0.2, 0.25) is 0 Å². The number of aliphatic imine (C=N–C) groups is 1. The molecule has 0 aliphatic carbocycles. The van der Waals surface area contributed by atoms with Crippen LogP contribution in [0.15, 0.2) is 4.99 Å². The number of hydrogen-bond acceptors (Lipinski definition) is 2. The van der Waals surface area contributed by atoms with E-state index >= 15 is 0 Å². The van der Waals surface area contributed by atoms with Crippen molar-refractivity contribution in [2.24, 2.45) is 10.8 Å². The summed E-state index contributed by atoms with van der Waals surface area (Å²) in [4.78, 5) is 3.99. The Morgan fingerprint density at radius 3 is 2.88 bits per heavy atom. The van der Waals surface area contributed by atoms with Gasteiger partial charge < -0.3 is 0 Å². The third-order valence-electron chi connectivity index (χ3n) is 0.602. The number of hydrogen-bond donors (Lipinski definition) is 2. The van der Waals surface area contributed by atoms with Gasteiger partial charge in [-0.2, -0.15) is 0 Å². The van der Waals surface area contributed by atoms with Crippen LogP contribution < -0.4 is 11.3 Å². The van der Waals surface area contributed by atoms with Crippen LogP contribution in [0.4, 0.5) is 0 Å². The van der Waals surface area contributed by atoms with Gasteiger partial charge in [0.25, 0.3) is 0 Å². The number of nitrogens with one attached hydrogen (secondary N) is 1. The molecule has 47 valence electrons. The fourth-order valence-electron chi connectivity index (χ4n) is 0.259. The third kappa shape index (κ3) is 4.12. The quantitative estimate of drug-likeness (QED) is 0.195. The van der Waals surface area contributed by atoms with Crippen LogP contribution >= 0.6 is 0 Å². The van der Waals surface area contributed by atoms with Crippen LogP contribution in [0, 0.1) is 0 Å². The van der Waals surface area contributed by atoms with E-state index in [4.69, 9.17) is 5.84 Å². The van der Waals surface area contributed by atoms with Crippen LogP contribution in [0.5, 0.6) is 0 Å². The van der Waals surface area contributed by atoms with Gasteiger partial charge in [0.05, 0.1) is 0 Å². The molecule has 0 aromatic rings. The summed E-state index contributed by atoms with van der Waals surface area (Å²) in [5.41, 5.74) is 2.39. The number of nitrogens with zero attached hydrogens (tertiary/aromatic N) is 1. The van der Waals surface area contributed by atoms with E-state index in [0.29, 0.717) is 4.73 Å². The van der Waals surface area contributed by atoms with E-state index < -0.39 is 0 Å². The van der Waals surface area contributed by atoms with Crippen molar-refractivity contribution >= 4 is 20.7 Å². The zero-order valence-electron chi connectivity index (χ0n) is 4.85. The average molecular weight is 179 g/mol. The fraction of sp³-hybridized carbons (Fsp3) is 0.750. The first-order chi connectivity index (χ1) is 3.81. The SMILES string of the molecule is CCCN=C([Se])NN. The summed E-state index contributed by atoms with van der Waals surface area (Å²) in [7, 11) is 0. The van der Waals surface area contributed by atoms with Gasteiger partial charge in [-0.15, -0.1) is 0 Å². The Hall–Kier alpha value is -0.0505. The van der Waals surface area contributed by atoms with Gasteiger partial charge >= 0.3 is 56.9 Å². The first-order valence-electron chi connectivity index (χ1n) is 2.49. The van der Waals surface area contributed by atoms with E-state index in [1.54, 1.807) is 0 Å². The normalized spacial score (nSPS) is 11.5. The van der Waals surface area contributed by atoms with Crippen LogP contribution in [0.1, 0.15) is 13.3 Å². The number of amidine groups is 1. The van der Waals surface area contributed by atoms with Crippen molar-refractivity contribution < 1.29 is 0 Å². The van der Waals surface area contributed by atoms with Crippen molar-refractivity contribution in [3.63, 3.8) is 0 Å². The maximum atomic E-state index is 5.00. The summed E-state index contributed by atoms with van der Waals surface area (Å²) in [5.74, 6) is 5.00. The number of nitrogens with two attached hydrogens (primary N) is 1. The molecule has 4 heteroatoms. The molecule has 3 nitrogen and oxygen atoms in total. The Balaban J connectivity index is 3.26. The van der Waals surface area contributed by atoms with Crippen molar-refractivity contribution in [3.05, 3.63) is 0 Å². The molecule has 0 saturated heterocycles. The van der Waals surface area contributed by atoms with E-state index in [-0.39, 0.29) is 0 Å². The second-order valence-electron chi connectivity index (χ2n) is 1.33. The number of hydrazine groups is 1. The summed E-state index contributed by atoms with van der Waals surface area (Å²) < 4.78 is 0.673. The molecule has 8 heavy (non-hydrogen) atoms. The summed E-state index contributed by atoms with van der Waals surface area (Å²) in [6.45, 7) is 2.89. The Morgan fingerprint density at radius 1 is 1.88 bits per heavy atom. The minimum absolute atomic E-state index is 0.673. The van der Waals surface area contributed by atoms with Gasteiger partial charge in [0.15, 0.2) is 0 Å². The molecule has 0 unspecified atom stereocenters. The van der Waals surface area contributed by atoms with Gasteiger partial charge in [-0.3, -0.25) is 0 Å². The average Bonchev–Trinajstić information content (AvgIpc) is 1.83. The van der Waals surface area contributed by atoms with E-state index in [2.05, 4.69) is 33.4 Å². The molecular formula is C4H10N3Se. The van der Waals surface area contributed by atoms with Gasteiger partial charge in [-0.1, -0.05) is 0 Å². The standard InChI is InChI=1S/C4H10N3Se/c1-2-3-6-4(8)7-5/h2-3,5H2,1H3,(H,6,7). The molecular weight excluding hydrogens is 169 g/mol. The van der Waals surface area contributed by atoms with Crippen molar-refractivity contribution in [1.29, 1.82) is 0 Å². The zero-order valence-corrected chi connectivity index (χ0v) is 6.56. The van der Waals surface area contributed by atoms with E-state index in [1.807, 2.05) is 0 Å². The molecule has 0 aromatic carbocycles. The molecule has 0 spiro atoms. The second kappa shape index (κ2) is 5.09. The van der Waals surface area contributed by atoms with Crippen molar-refractivity contribution in [3.8, 4) is 0 Å². The fourth-order valence-corrected chi connectivity index (χ4v) is 0.451. The predicted molar refractivity (Wildman–Crippen MR) is 35.7 cm³/mol.